The zero-order chi connectivity index (χ0) is 40.6. The van der Waals surface area contributed by atoms with Crippen LogP contribution in [0.2, 0.25) is 0 Å². The fourth-order valence-electron chi connectivity index (χ4n) is 8.28. The summed E-state index contributed by atoms with van der Waals surface area (Å²) in [7, 11) is 0. The van der Waals surface area contributed by atoms with Crippen molar-refractivity contribution in [3.05, 3.63) is 0 Å². The van der Waals surface area contributed by atoms with Gasteiger partial charge in [-0.05, 0) is 18.8 Å². The highest BCUT2D eigenvalue weighted by Crippen LogP contribution is 2.26. The highest BCUT2D eigenvalue weighted by Gasteiger charge is 2.44. The van der Waals surface area contributed by atoms with Gasteiger partial charge in [0.1, 0.15) is 36.6 Å². The molecule has 11 nitrogen and oxygen atoms in total. The van der Waals surface area contributed by atoms with Crippen molar-refractivity contribution in [1.82, 2.24) is 5.32 Å². The van der Waals surface area contributed by atoms with Gasteiger partial charge in [0.05, 0.1) is 25.9 Å². The number of aliphatic hydroxyl groups is 6. The molecule has 0 aromatic rings. The Labute approximate surface area is 341 Å². The summed E-state index contributed by atoms with van der Waals surface area (Å²) >= 11 is 0. The minimum atomic E-state index is -1.62. The van der Waals surface area contributed by atoms with Crippen LogP contribution in [-0.4, -0.2) is 112 Å². The minimum absolute atomic E-state index is 0.111. The number of aliphatic hydroxyl groups excluding tert-OH is 6. The van der Waals surface area contributed by atoms with Crippen molar-refractivity contribution in [1.29, 1.82) is 0 Å². The average molecular weight is 802 g/mol. The van der Waals surface area contributed by atoms with E-state index in [0.717, 1.165) is 25.7 Å². The summed E-state index contributed by atoms with van der Waals surface area (Å²) in [4.78, 5) is 13.0. The number of rotatable bonds is 36. The third-order valence-corrected chi connectivity index (χ3v) is 12.1. The van der Waals surface area contributed by atoms with E-state index in [1.54, 1.807) is 0 Å². The van der Waals surface area contributed by atoms with Crippen molar-refractivity contribution >= 4 is 5.91 Å². The number of ether oxygens (including phenoxy) is 3. The maximum atomic E-state index is 13.0. The van der Waals surface area contributed by atoms with Crippen molar-refractivity contribution in [2.45, 2.75) is 249 Å². The molecular weight excluding hydrogens is 714 g/mol. The van der Waals surface area contributed by atoms with E-state index in [9.17, 15) is 35.4 Å². The van der Waals surface area contributed by atoms with Gasteiger partial charge in [-0.1, -0.05) is 180 Å². The third-order valence-electron chi connectivity index (χ3n) is 12.1. The quantitative estimate of drug-likeness (QED) is 0.0317. The zero-order valence-corrected chi connectivity index (χ0v) is 35.6. The van der Waals surface area contributed by atoms with Gasteiger partial charge in [0, 0.05) is 13.0 Å². The number of amides is 1. The minimum Gasteiger partial charge on any atom is -0.394 e. The molecule has 332 valence electrons. The van der Waals surface area contributed by atoms with Crippen molar-refractivity contribution in [2.24, 2.45) is 5.92 Å². The molecule has 0 aromatic heterocycles. The van der Waals surface area contributed by atoms with E-state index in [1.807, 2.05) is 0 Å². The normalized spacial score (nSPS) is 23.6. The summed E-state index contributed by atoms with van der Waals surface area (Å²) < 4.78 is 16.8. The predicted molar refractivity (Wildman–Crippen MR) is 222 cm³/mol. The van der Waals surface area contributed by atoms with Crippen molar-refractivity contribution in [3.8, 4) is 0 Å². The second kappa shape index (κ2) is 33.9. The Morgan fingerprint density at radius 2 is 1.14 bits per heavy atom. The molecule has 2 fully saturated rings. The largest absolute Gasteiger partial charge is 0.394 e. The first-order valence-corrected chi connectivity index (χ1v) is 23.4. The highest BCUT2D eigenvalue weighted by atomic mass is 16.7. The summed E-state index contributed by atoms with van der Waals surface area (Å²) in [6, 6.07) is -1.06. The molecular formula is C45H87NO10. The number of carbonyl (C=O) groups is 1. The number of nitrogens with one attached hydrogen (secondary N) is 1. The second-order valence-electron chi connectivity index (χ2n) is 17.2. The van der Waals surface area contributed by atoms with Gasteiger partial charge in [0.15, 0.2) is 6.29 Å². The fraction of sp³-hybridized carbons (Fsp3) is 0.978. The van der Waals surface area contributed by atoms with Gasteiger partial charge in [-0.25, -0.2) is 0 Å². The molecule has 1 amide bonds. The molecule has 1 saturated carbocycles. The first-order valence-electron chi connectivity index (χ1n) is 23.4. The van der Waals surface area contributed by atoms with Gasteiger partial charge in [-0.15, -0.1) is 0 Å². The highest BCUT2D eigenvalue weighted by molar-refractivity contribution is 5.76. The van der Waals surface area contributed by atoms with Crippen LogP contribution in [0.1, 0.15) is 200 Å². The Morgan fingerprint density at radius 3 is 1.62 bits per heavy atom. The van der Waals surface area contributed by atoms with Gasteiger partial charge in [0.25, 0.3) is 0 Å². The number of hydrogen-bond donors (Lipinski definition) is 7. The van der Waals surface area contributed by atoms with E-state index in [1.165, 1.54) is 154 Å². The Hall–Kier alpha value is -0.890. The Balaban J connectivity index is 1.56. The molecule has 56 heavy (non-hydrogen) atoms. The number of unbranched alkanes of at least 4 members (excludes halogenated alkanes) is 22. The van der Waals surface area contributed by atoms with Gasteiger partial charge in [-0.3, -0.25) is 4.79 Å². The van der Waals surface area contributed by atoms with Crippen molar-refractivity contribution < 1.29 is 49.6 Å². The van der Waals surface area contributed by atoms with E-state index in [0.29, 0.717) is 18.9 Å². The topological polar surface area (TPSA) is 178 Å². The van der Waals surface area contributed by atoms with Crippen LogP contribution < -0.4 is 5.32 Å². The Bertz CT molecular complexity index is 906. The fourth-order valence-corrected chi connectivity index (χ4v) is 8.28. The summed E-state index contributed by atoms with van der Waals surface area (Å²) in [5.41, 5.74) is 0. The average Bonchev–Trinajstić information content (AvgIpc) is 3.21. The van der Waals surface area contributed by atoms with Crippen LogP contribution >= 0.6 is 0 Å². The number of carbonyl (C=O) groups excluding carboxylic acids is 1. The molecule has 0 aromatic carbocycles. The smallest absolute Gasteiger partial charge is 0.220 e. The zero-order valence-electron chi connectivity index (χ0n) is 35.6. The lowest BCUT2D eigenvalue weighted by molar-refractivity contribution is -0.303. The standard InChI is InChI=1S/C45H87NO10/c1-2-3-4-5-6-7-8-9-10-11-12-13-14-15-16-17-18-19-20-21-22-23-27-30-40(49)46-37(34-55-45-44(53)43(52)42(51)39(33-47)56-45)41(50)38(48)35-54-32-31-36-28-25-24-26-29-36/h36-39,41-45,47-48,50-53H,2-35H2,1H3,(H,46,49)/t37-,38+,39+,41-,42-,43-,44+,45-/m0/s1. The van der Waals surface area contributed by atoms with Crippen LogP contribution in [0.25, 0.3) is 0 Å². The van der Waals surface area contributed by atoms with E-state index >= 15 is 0 Å². The monoisotopic (exact) mass is 802 g/mol. The molecule has 8 atom stereocenters. The second-order valence-corrected chi connectivity index (χ2v) is 17.2. The molecule has 11 heteroatoms. The summed E-state index contributed by atoms with van der Waals surface area (Å²) in [5.74, 6) is 0.332. The molecule has 0 bridgehead atoms. The molecule has 2 rings (SSSR count). The van der Waals surface area contributed by atoms with Crippen LogP contribution in [0, 0.1) is 5.92 Å². The SMILES string of the molecule is CCCCCCCCCCCCCCCCCCCCCCCCCC(=O)N[C@@H](CO[C@H]1O[C@H](CO)[C@H](O)[C@H](O)[C@H]1O)[C@H](O)[C@H](O)COCCC1CCCCC1. The third kappa shape index (κ3) is 23.6. The predicted octanol–water partition coefficient (Wildman–Crippen LogP) is 7.38. The van der Waals surface area contributed by atoms with Crippen LogP contribution in [0.3, 0.4) is 0 Å². The van der Waals surface area contributed by atoms with Gasteiger partial charge >= 0.3 is 0 Å². The molecule has 0 spiro atoms. The Morgan fingerprint density at radius 1 is 0.661 bits per heavy atom. The first-order chi connectivity index (χ1) is 27.3. The van der Waals surface area contributed by atoms with Crippen LogP contribution in [0.15, 0.2) is 0 Å². The molecule has 1 aliphatic heterocycles. The lowest BCUT2D eigenvalue weighted by Gasteiger charge is -2.40. The molecule has 2 aliphatic rings. The van der Waals surface area contributed by atoms with Crippen molar-refractivity contribution in [3.63, 3.8) is 0 Å². The molecule has 0 unspecified atom stereocenters. The summed E-state index contributed by atoms with van der Waals surface area (Å²) in [5, 5.41) is 64.8. The lowest BCUT2D eigenvalue weighted by atomic mass is 9.87. The van der Waals surface area contributed by atoms with Gasteiger partial charge in [-0.2, -0.15) is 0 Å². The van der Waals surface area contributed by atoms with Gasteiger partial charge in [0.2, 0.25) is 5.91 Å². The molecule has 1 saturated heterocycles. The van der Waals surface area contributed by atoms with E-state index in [2.05, 4.69) is 12.2 Å². The maximum Gasteiger partial charge on any atom is 0.220 e. The van der Waals surface area contributed by atoms with Crippen LogP contribution in [0.4, 0.5) is 0 Å². The molecule has 0 radical (unpaired) electrons. The van der Waals surface area contributed by atoms with E-state index < -0.39 is 55.6 Å². The van der Waals surface area contributed by atoms with E-state index in [4.69, 9.17) is 14.2 Å². The molecule has 1 heterocycles. The molecule has 7 N–H and O–H groups in total. The van der Waals surface area contributed by atoms with Crippen LogP contribution in [-0.2, 0) is 19.0 Å². The first kappa shape index (κ1) is 51.3. The van der Waals surface area contributed by atoms with E-state index in [-0.39, 0.29) is 25.5 Å². The summed E-state index contributed by atoms with van der Waals surface area (Å²) in [6.45, 7) is 1.69. The van der Waals surface area contributed by atoms with Gasteiger partial charge < -0.3 is 50.2 Å². The lowest BCUT2D eigenvalue weighted by Crippen LogP contribution is -2.60. The maximum absolute atomic E-state index is 13.0. The molecule has 1 aliphatic carbocycles. The van der Waals surface area contributed by atoms with Crippen LogP contribution in [0.5, 0.6) is 0 Å². The Kier molecular flexibility index (Phi) is 31.0. The summed E-state index contributed by atoms with van der Waals surface area (Å²) in [6.07, 6.45) is 27.2. The number of hydrogen-bond acceptors (Lipinski definition) is 10. The van der Waals surface area contributed by atoms with Crippen molar-refractivity contribution in [2.75, 3.05) is 26.4 Å².